The Morgan fingerprint density at radius 1 is 1.53 bits per heavy atom. The number of rotatable bonds is 5. The van der Waals surface area contributed by atoms with Gasteiger partial charge in [-0.1, -0.05) is 22.9 Å². The Kier molecular flexibility index (Phi) is 4.99. The molecule has 3 nitrogen and oxygen atoms in total. The van der Waals surface area contributed by atoms with Crippen molar-refractivity contribution in [3.05, 3.63) is 28.2 Å². The molecule has 1 heterocycles. The number of carbonyl (C=O) groups is 1. The first-order chi connectivity index (χ1) is 9.15. The number of hydrogen-bond acceptors (Lipinski definition) is 3. The van der Waals surface area contributed by atoms with E-state index in [9.17, 15) is 4.79 Å². The van der Waals surface area contributed by atoms with Crippen LogP contribution in [0.5, 0.6) is 5.75 Å². The van der Waals surface area contributed by atoms with E-state index >= 15 is 0 Å². The van der Waals surface area contributed by atoms with Crippen molar-refractivity contribution in [2.24, 2.45) is 5.92 Å². The second-order valence-electron chi connectivity index (χ2n) is 4.81. The largest absolute Gasteiger partial charge is 0.497 e. The van der Waals surface area contributed by atoms with Crippen LogP contribution in [0.25, 0.3) is 0 Å². The molecule has 0 amide bonds. The van der Waals surface area contributed by atoms with Crippen LogP contribution in [0.3, 0.4) is 0 Å². The quantitative estimate of drug-likeness (QED) is 0.832. The molecule has 0 saturated carbocycles. The molecular formula is C15H19BrO3. The number of ether oxygens (including phenoxy) is 2. The van der Waals surface area contributed by atoms with Gasteiger partial charge >= 0.3 is 0 Å². The lowest BCUT2D eigenvalue weighted by Gasteiger charge is -2.16. The highest BCUT2D eigenvalue weighted by molar-refractivity contribution is 9.10. The zero-order chi connectivity index (χ0) is 13.8. The molecule has 2 rings (SSSR count). The van der Waals surface area contributed by atoms with Crippen molar-refractivity contribution in [2.75, 3.05) is 13.7 Å². The van der Waals surface area contributed by atoms with Crippen molar-refractivity contribution < 1.29 is 14.3 Å². The lowest BCUT2D eigenvalue weighted by Crippen LogP contribution is -2.25. The zero-order valence-corrected chi connectivity index (χ0v) is 12.9. The van der Waals surface area contributed by atoms with Crippen molar-refractivity contribution in [2.45, 2.75) is 32.3 Å². The lowest BCUT2D eigenvalue weighted by atomic mass is 9.91. The highest BCUT2D eigenvalue weighted by Crippen LogP contribution is 2.28. The average Bonchev–Trinajstić information content (AvgIpc) is 2.89. The summed E-state index contributed by atoms with van der Waals surface area (Å²) in [6.45, 7) is 2.77. The lowest BCUT2D eigenvalue weighted by molar-refractivity contribution is -0.123. The van der Waals surface area contributed by atoms with Gasteiger partial charge in [0.25, 0.3) is 0 Å². The molecule has 1 aliphatic heterocycles. The van der Waals surface area contributed by atoms with Crippen LogP contribution in [0.1, 0.15) is 25.3 Å². The second kappa shape index (κ2) is 6.53. The van der Waals surface area contributed by atoms with Crippen LogP contribution in [0.4, 0.5) is 0 Å². The van der Waals surface area contributed by atoms with Gasteiger partial charge in [0.2, 0.25) is 0 Å². The van der Waals surface area contributed by atoms with Crippen LogP contribution in [0.2, 0.25) is 0 Å². The highest BCUT2D eigenvalue weighted by Gasteiger charge is 2.32. The molecule has 1 saturated heterocycles. The van der Waals surface area contributed by atoms with Gasteiger partial charge in [0.05, 0.1) is 13.2 Å². The summed E-state index contributed by atoms with van der Waals surface area (Å²) in [6, 6.07) is 5.72. The Bertz CT molecular complexity index is 459. The minimum atomic E-state index is 0.0445. The molecule has 0 spiro atoms. The molecular weight excluding hydrogens is 308 g/mol. The summed E-state index contributed by atoms with van der Waals surface area (Å²) in [5.74, 6) is 1.09. The maximum Gasteiger partial charge on any atom is 0.143 e. The predicted octanol–water partition coefficient (Wildman–Crippen LogP) is 3.38. The van der Waals surface area contributed by atoms with Gasteiger partial charge in [-0.15, -0.1) is 0 Å². The molecule has 1 aromatic rings. The second-order valence-corrected chi connectivity index (χ2v) is 5.67. The van der Waals surface area contributed by atoms with Gasteiger partial charge in [0.15, 0.2) is 0 Å². The van der Waals surface area contributed by atoms with E-state index in [2.05, 4.69) is 22.9 Å². The highest BCUT2D eigenvalue weighted by atomic mass is 79.9. The van der Waals surface area contributed by atoms with Crippen molar-refractivity contribution >= 4 is 21.7 Å². The Labute approximate surface area is 122 Å². The summed E-state index contributed by atoms with van der Waals surface area (Å²) in [5.41, 5.74) is 0.978. The number of Topliss-reactive ketones (excluding diaryl/α,β-unsaturated/α-hetero) is 1. The number of hydrogen-bond donors (Lipinski definition) is 0. The SMILES string of the molecule is CCC1OCCC1C(=O)Cc1cc(OC)ccc1Br. The summed E-state index contributed by atoms with van der Waals surface area (Å²) < 4.78 is 11.7. The van der Waals surface area contributed by atoms with Crippen LogP contribution in [0, 0.1) is 5.92 Å². The van der Waals surface area contributed by atoms with Gasteiger partial charge in [0.1, 0.15) is 11.5 Å². The minimum absolute atomic E-state index is 0.0445. The monoisotopic (exact) mass is 326 g/mol. The van der Waals surface area contributed by atoms with Crippen LogP contribution < -0.4 is 4.74 Å². The van der Waals surface area contributed by atoms with Gasteiger partial charge in [-0.25, -0.2) is 0 Å². The van der Waals surface area contributed by atoms with E-state index in [0.29, 0.717) is 13.0 Å². The maximum atomic E-state index is 12.4. The molecule has 0 N–H and O–H groups in total. The van der Waals surface area contributed by atoms with Crippen molar-refractivity contribution in [3.63, 3.8) is 0 Å². The normalized spacial score (nSPS) is 22.5. The first-order valence-electron chi connectivity index (χ1n) is 6.62. The Hall–Kier alpha value is -0.870. The summed E-state index contributed by atoms with van der Waals surface area (Å²) in [4.78, 5) is 12.4. The summed E-state index contributed by atoms with van der Waals surface area (Å²) in [6.07, 6.45) is 2.27. The molecule has 4 heteroatoms. The molecule has 19 heavy (non-hydrogen) atoms. The molecule has 104 valence electrons. The van der Waals surface area contributed by atoms with E-state index in [1.165, 1.54) is 0 Å². The van der Waals surface area contributed by atoms with Gasteiger partial charge in [-0.05, 0) is 36.6 Å². The molecule has 1 fully saturated rings. The van der Waals surface area contributed by atoms with Crippen LogP contribution in [0.15, 0.2) is 22.7 Å². The summed E-state index contributed by atoms with van der Waals surface area (Å²) in [5, 5.41) is 0. The third-order valence-corrected chi connectivity index (χ3v) is 4.42. The fourth-order valence-electron chi connectivity index (χ4n) is 2.55. The van der Waals surface area contributed by atoms with Crippen molar-refractivity contribution in [3.8, 4) is 5.75 Å². The molecule has 2 unspecified atom stereocenters. The number of benzene rings is 1. The van der Waals surface area contributed by atoms with E-state index in [1.54, 1.807) is 7.11 Å². The predicted molar refractivity (Wildman–Crippen MR) is 77.5 cm³/mol. The summed E-state index contributed by atoms with van der Waals surface area (Å²) >= 11 is 3.49. The van der Waals surface area contributed by atoms with Gasteiger partial charge < -0.3 is 9.47 Å². The first-order valence-corrected chi connectivity index (χ1v) is 7.41. The van der Waals surface area contributed by atoms with Crippen LogP contribution in [-0.2, 0) is 16.0 Å². The smallest absolute Gasteiger partial charge is 0.143 e. The van der Waals surface area contributed by atoms with E-state index in [4.69, 9.17) is 9.47 Å². The Morgan fingerprint density at radius 2 is 2.32 bits per heavy atom. The van der Waals surface area contributed by atoms with Gasteiger partial charge in [0, 0.05) is 23.4 Å². The Morgan fingerprint density at radius 3 is 3.00 bits per heavy atom. The number of halogens is 1. The molecule has 0 aliphatic carbocycles. The molecule has 1 aliphatic rings. The topological polar surface area (TPSA) is 35.5 Å². The van der Waals surface area contributed by atoms with Crippen LogP contribution in [-0.4, -0.2) is 25.6 Å². The van der Waals surface area contributed by atoms with E-state index in [1.807, 2.05) is 18.2 Å². The van der Waals surface area contributed by atoms with Crippen molar-refractivity contribution in [1.29, 1.82) is 0 Å². The third kappa shape index (κ3) is 3.37. The first kappa shape index (κ1) is 14.5. The zero-order valence-electron chi connectivity index (χ0n) is 11.3. The maximum absolute atomic E-state index is 12.4. The third-order valence-electron chi connectivity index (χ3n) is 3.64. The molecule has 2 atom stereocenters. The Balaban J connectivity index is 2.10. The summed E-state index contributed by atoms with van der Waals surface area (Å²) in [7, 11) is 1.63. The average molecular weight is 327 g/mol. The fraction of sp³-hybridized carbons (Fsp3) is 0.533. The van der Waals surface area contributed by atoms with Crippen molar-refractivity contribution in [1.82, 2.24) is 0 Å². The van der Waals surface area contributed by atoms with E-state index < -0.39 is 0 Å². The number of ketones is 1. The molecule has 1 aromatic carbocycles. The van der Waals surface area contributed by atoms with Gasteiger partial charge in [-0.3, -0.25) is 4.79 Å². The van der Waals surface area contributed by atoms with Crippen LogP contribution >= 0.6 is 15.9 Å². The van der Waals surface area contributed by atoms with E-state index in [-0.39, 0.29) is 17.8 Å². The molecule has 0 bridgehead atoms. The molecule has 0 aromatic heterocycles. The van der Waals surface area contributed by atoms with Gasteiger partial charge in [-0.2, -0.15) is 0 Å². The molecule has 0 radical (unpaired) electrons. The standard InChI is InChI=1S/C15H19BrO3/c1-3-15-12(6-7-19-15)14(17)9-10-8-11(18-2)4-5-13(10)16/h4-5,8,12,15H,3,6-7,9H2,1-2H3. The fourth-order valence-corrected chi connectivity index (χ4v) is 2.94. The van der Waals surface area contributed by atoms with E-state index in [0.717, 1.165) is 28.6 Å². The number of carbonyl (C=O) groups excluding carboxylic acids is 1. The number of methoxy groups -OCH3 is 1. The minimum Gasteiger partial charge on any atom is -0.497 e.